The molecule has 0 fully saturated rings. The number of aromatic nitrogens is 3. The van der Waals surface area contributed by atoms with Crippen molar-refractivity contribution in [3.63, 3.8) is 0 Å². The molecule has 8 heteroatoms. The van der Waals surface area contributed by atoms with Crippen molar-refractivity contribution >= 4 is 23.7 Å². The van der Waals surface area contributed by atoms with E-state index in [0.29, 0.717) is 17.6 Å². The van der Waals surface area contributed by atoms with Crippen LogP contribution in [0.4, 0.5) is 4.79 Å². The van der Waals surface area contributed by atoms with E-state index in [9.17, 15) is 9.59 Å². The Morgan fingerprint density at radius 3 is 2.71 bits per heavy atom. The molecule has 0 saturated heterocycles. The first-order chi connectivity index (χ1) is 13.4. The van der Waals surface area contributed by atoms with Gasteiger partial charge in [-0.25, -0.2) is 4.79 Å². The molecule has 152 valence electrons. The molecule has 1 aromatic carbocycles. The molecule has 0 saturated carbocycles. The normalized spacial score (nSPS) is 10.9. The Labute approximate surface area is 170 Å². The van der Waals surface area contributed by atoms with E-state index < -0.39 is 6.03 Å². The van der Waals surface area contributed by atoms with Gasteiger partial charge in [-0.05, 0) is 31.7 Å². The summed E-state index contributed by atoms with van der Waals surface area (Å²) < 4.78 is 2.02. The highest BCUT2D eigenvalue weighted by atomic mass is 32.2. The molecule has 0 aliphatic heterocycles. The Morgan fingerprint density at radius 1 is 1.25 bits per heavy atom. The van der Waals surface area contributed by atoms with Crippen LogP contribution in [0.5, 0.6) is 0 Å². The molecule has 1 heterocycles. The van der Waals surface area contributed by atoms with E-state index in [4.69, 9.17) is 0 Å². The number of urea groups is 1. The molecule has 3 amide bonds. The summed E-state index contributed by atoms with van der Waals surface area (Å²) >= 11 is 1.28. The lowest BCUT2D eigenvalue weighted by atomic mass is 10.1. The molecule has 2 N–H and O–H groups in total. The van der Waals surface area contributed by atoms with Crippen molar-refractivity contribution in [1.29, 1.82) is 0 Å². The Bertz CT molecular complexity index is 804. The molecule has 2 aromatic rings. The first kappa shape index (κ1) is 21.9. The number of carbonyl (C=O) groups excluding carboxylic acids is 2. The van der Waals surface area contributed by atoms with E-state index >= 15 is 0 Å². The van der Waals surface area contributed by atoms with Crippen LogP contribution in [0.15, 0.2) is 29.4 Å². The van der Waals surface area contributed by atoms with E-state index in [2.05, 4.69) is 47.7 Å². The van der Waals surface area contributed by atoms with Crippen molar-refractivity contribution in [3.05, 3.63) is 29.8 Å². The van der Waals surface area contributed by atoms with E-state index in [0.717, 1.165) is 36.3 Å². The number of rotatable bonds is 9. The topological polar surface area (TPSA) is 88.9 Å². The maximum Gasteiger partial charge on any atom is 0.321 e. The maximum atomic E-state index is 12.1. The summed E-state index contributed by atoms with van der Waals surface area (Å²) in [6.07, 6.45) is 1.80. The van der Waals surface area contributed by atoms with Crippen LogP contribution < -0.4 is 10.6 Å². The molecular weight excluding hydrogens is 374 g/mol. The van der Waals surface area contributed by atoms with Crippen LogP contribution in [-0.4, -0.2) is 39.0 Å². The van der Waals surface area contributed by atoms with Crippen molar-refractivity contribution in [1.82, 2.24) is 25.4 Å². The highest BCUT2D eigenvalue weighted by molar-refractivity contribution is 7.99. The molecule has 1 aromatic heterocycles. The molecule has 0 atom stereocenters. The third kappa shape index (κ3) is 6.67. The third-order valence-electron chi connectivity index (χ3n) is 4.03. The van der Waals surface area contributed by atoms with Gasteiger partial charge in [0.25, 0.3) is 0 Å². The zero-order valence-corrected chi connectivity index (χ0v) is 17.8. The van der Waals surface area contributed by atoms with Crippen LogP contribution in [0, 0.1) is 12.8 Å². The summed E-state index contributed by atoms with van der Waals surface area (Å²) in [6, 6.07) is 7.65. The number of hydrogen-bond acceptors (Lipinski definition) is 5. The van der Waals surface area contributed by atoms with Crippen molar-refractivity contribution in [2.24, 2.45) is 5.92 Å². The molecule has 0 radical (unpaired) electrons. The van der Waals surface area contributed by atoms with E-state index in [1.807, 2.05) is 29.7 Å². The van der Waals surface area contributed by atoms with Gasteiger partial charge in [0.2, 0.25) is 5.91 Å². The van der Waals surface area contributed by atoms with Crippen molar-refractivity contribution in [2.75, 3.05) is 12.3 Å². The smallest absolute Gasteiger partial charge is 0.321 e. The van der Waals surface area contributed by atoms with Gasteiger partial charge in [0.15, 0.2) is 11.0 Å². The van der Waals surface area contributed by atoms with Crippen LogP contribution in [-0.2, 0) is 11.3 Å². The molecule has 28 heavy (non-hydrogen) atoms. The fourth-order valence-corrected chi connectivity index (χ4v) is 3.39. The summed E-state index contributed by atoms with van der Waals surface area (Å²) in [7, 11) is 0. The van der Waals surface area contributed by atoms with Gasteiger partial charge in [-0.15, -0.1) is 10.2 Å². The molecule has 0 bridgehead atoms. The number of thioether (sulfide) groups is 1. The molecule has 7 nitrogen and oxygen atoms in total. The number of benzene rings is 1. The highest BCUT2D eigenvalue weighted by Gasteiger charge is 2.16. The van der Waals surface area contributed by atoms with Gasteiger partial charge in [-0.2, -0.15) is 0 Å². The van der Waals surface area contributed by atoms with Crippen LogP contribution in [0.25, 0.3) is 11.4 Å². The fraction of sp³-hybridized carbons (Fsp3) is 0.500. The van der Waals surface area contributed by atoms with Crippen molar-refractivity contribution < 1.29 is 9.59 Å². The average molecular weight is 404 g/mol. The summed E-state index contributed by atoms with van der Waals surface area (Å²) in [6.45, 7) is 9.60. The summed E-state index contributed by atoms with van der Waals surface area (Å²) in [5, 5.41) is 14.3. The molecule has 2 rings (SSSR count). The number of nitrogens with zero attached hydrogens (tertiary/aromatic N) is 3. The van der Waals surface area contributed by atoms with Crippen LogP contribution in [0.2, 0.25) is 0 Å². The lowest BCUT2D eigenvalue weighted by Gasteiger charge is -2.10. The first-order valence-corrected chi connectivity index (χ1v) is 10.6. The minimum atomic E-state index is -0.457. The molecular formula is C20H29N5O2S. The lowest BCUT2D eigenvalue weighted by Crippen LogP contribution is -2.40. The van der Waals surface area contributed by atoms with Gasteiger partial charge < -0.3 is 9.88 Å². The van der Waals surface area contributed by atoms with Gasteiger partial charge in [-0.1, -0.05) is 56.3 Å². The Balaban J connectivity index is 1.96. The SMILES string of the molecule is CCCn1c(SCC(=O)NC(=O)NCCC(C)C)nnc1-c1cccc(C)c1. The van der Waals surface area contributed by atoms with Gasteiger partial charge >= 0.3 is 6.03 Å². The second kappa shape index (κ2) is 10.8. The standard InChI is InChI=1S/C20H29N5O2S/c1-5-11-25-18(16-8-6-7-15(4)12-16)23-24-20(25)28-13-17(26)22-19(27)21-10-9-14(2)3/h6-8,12,14H,5,9-11,13H2,1-4H3,(H2,21,22,26,27). The Morgan fingerprint density at radius 2 is 2.04 bits per heavy atom. The largest absolute Gasteiger partial charge is 0.338 e. The summed E-state index contributed by atoms with van der Waals surface area (Å²) in [5.41, 5.74) is 2.15. The van der Waals surface area contributed by atoms with Gasteiger partial charge in [0, 0.05) is 18.7 Å². The number of amides is 3. The first-order valence-electron chi connectivity index (χ1n) is 9.61. The summed E-state index contributed by atoms with van der Waals surface area (Å²) in [5.74, 6) is 1.04. The number of imide groups is 1. The van der Waals surface area contributed by atoms with Crippen LogP contribution >= 0.6 is 11.8 Å². The zero-order chi connectivity index (χ0) is 20.5. The van der Waals surface area contributed by atoms with E-state index in [1.165, 1.54) is 11.8 Å². The number of nitrogens with one attached hydrogen (secondary N) is 2. The second-order valence-corrected chi connectivity index (χ2v) is 8.05. The minimum Gasteiger partial charge on any atom is -0.338 e. The third-order valence-corrected chi connectivity index (χ3v) is 5.00. The highest BCUT2D eigenvalue weighted by Crippen LogP contribution is 2.24. The van der Waals surface area contributed by atoms with E-state index in [-0.39, 0.29) is 11.7 Å². The van der Waals surface area contributed by atoms with Crippen molar-refractivity contribution in [2.45, 2.75) is 52.2 Å². The molecule has 0 spiro atoms. The number of aryl methyl sites for hydroxylation is 1. The zero-order valence-electron chi connectivity index (χ0n) is 17.0. The van der Waals surface area contributed by atoms with Gasteiger partial charge in [-0.3, -0.25) is 10.1 Å². The molecule has 0 aliphatic carbocycles. The maximum absolute atomic E-state index is 12.1. The lowest BCUT2D eigenvalue weighted by molar-refractivity contribution is -0.117. The number of carbonyl (C=O) groups is 2. The minimum absolute atomic E-state index is 0.104. The van der Waals surface area contributed by atoms with Gasteiger partial charge in [0.1, 0.15) is 0 Å². The molecule has 0 aliphatic rings. The van der Waals surface area contributed by atoms with Crippen LogP contribution in [0.3, 0.4) is 0 Å². The predicted molar refractivity (Wildman–Crippen MR) is 112 cm³/mol. The average Bonchev–Trinajstić information content (AvgIpc) is 3.02. The quantitative estimate of drug-likeness (QED) is 0.624. The predicted octanol–water partition coefficient (Wildman–Crippen LogP) is 3.63. The van der Waals surface area contributed by atoms with E-state index in [1.54, 1.807) is 0 Å². The second-order valence-electron chi connectivity index (χ2n) is 7.10. The molecule has 0 unspecified atom stereocenters. The Kier molecular flexibility index (Phi) is 8.50. The van der Waals surface area contributed by atoms with Crippen LogP contribution in [0.1, 0.15) is 39.2 Å². The van der Waals surface area contributed by atoms with Crippen molar-refractivity contribution in [3.8, 4) is 11.4 Å². The monoisotopic (exact) mass is 403 g/mol. The van der Waals surface area contributed by atoms with Gasteiger partial charge in [0.05, 0.1) is 5.75 Å². The Hall–Kier alpha value is -2.35. The number of hydrogen-bond donors (Lipinski definition) is 2. The fourth-order valence-electron chi connectivity index (χ4n) is 2.63. The summed E-state index contributed by atoms with van der Waals surface area (Å²) in [4.78, 5) is 23.8.